The highest BCUT2D eigenvalue weighted by atomic mass is 35.5. The second kappa shape index (κ2) is 9.74. The largest absolute Gasteiger partial charge is 0.355 e. The van der Waals surface area contributed by atoms with E-state index in [1.165, 1.54) is 6.33 Å². The molecule has 0 bridgehead atoms. The molecule has 2 saturated heterocycles. The molecule has 4 atom stereocenters. The highest BCUT2D eigenvalue weighted by Gasteiger charge is 2.44. The van der Waals surface area contributed by atoms with E-state index in [1.807, 2.05) is 29.2 Å². The van der Waals surface area contributed by atoms with Crippen molar-refractivity contribution in [2.24, 2.45) is 11.8 Å². The molecule has 0 spiro atoms. The zero-order valence-electron chi connectivity index (χ0n) is 20.5. The molecule has 3 aliphatic heterocycles. The zero-order valence-corrected chi connectivity index (χ0v) is 21.3. The van der Waals surface area contributed by atoms with Gasteiger partial charge in [0, 0.05) is 67.6 Å². The fraction of sp³-hybridized carbons (Fsp3) is 0.538. The fourth-order valence-corrected chi connectivity index (χ4v) is 5.84. The maximum Gasteiger partial charge on any atom is 0.231 e. The van der Waals surface area contributed by atoms with E-state index < -0.39 is 0 Å². The second-order valence-corrected chi connectivity index (χ2v) is 10.9. The number of hydrogen-bond donors (Lipinski definition) is 2. The molecule has 2 aromatic rings. The number of aromatic nitrogens is 2. The van der Waals surface area contributed by atoms with Crippen molar-refractivity contribution in [3.63, 3.8) is 0 Å². The van der Waals surface area contributed by atoms with Gasteiger partial charge in [-0.05, 0) is 23.6 Å². The average molecular weight is 497 g/mol. The number of anilines is 2. The van der Waals surface area contributed by atoms with E-state index in [4.69, 9.17) is 11.6 Å². The van der Waals surface area contributed by atoms with Gasteiger partial charge < -0.3 is 20.4 Å². The lowest BCUT2D eigenvalue weighted by Crippen LogP contribution is -2.41. The van der Waals surface area contributed by atoms with Crippen molar-refractivity contribution in [1.29, 1.82) is 0 Å². The monoisotopic (exact) mass is 496 g/mol. The predicted molar refractivity (Wildman–Crippen MR) is 137 cm³/mol. The fourth-order valence-electron chi connectivity index (χ4n) is 5.72. The van der Waals surface area contributed by atoms with E-state index in [2.05, 4.69) is 46.3 Å². The molecule has 4 heterocycles. The maximum absolute atomic E-state index is 13.7. The first-order valence-electron chi connectivity index (χ1n) is 12.5. The summed E-state index contributed by atoms with van der Waals surface area (Å²) in [6.07, 6.45) is 1.99. The number of carbonyl (C=O) groups excluding carboxylic acids is 2. The number of amides is 2. The highest BCUT2D eigenvalue weighted by Crippen LogP contribution is 2.41. The molecule has 1 aromatic heterocycles. The van der Waals surface area contributed by atoms with Crippen molar-refractivity contribution in [2.45, 2.75) is 45.1 Å². The Bertz CT molecular complexity index is 1090. The summed E-state index contributed by atoms with van der Waals surface area (Å²) in [5.74, 6) is 2.40. The van der Waals surface area contributed by atoms with Gasteiger partial charge in [-0.25, -0.2) is 9.97 Å². The number of nitrogens with zero attached hydrogens (tertiary/aromatic N) is 4. The van der Waals surface area contributed by atoms with Gasteiger partial charge >= 0.3 is 0 Å². The average Bonchev–Trinajstić information content (AvgIpc) is 3.39. The minimum absolute atomic E-state index is 0.00398. The zero-order chi connectivity index (χ0) is 24.7. The van der Waals surface area contributed by atoms with Gasteiger partial charge in [0.2, 0.25) is 11.8 Å². The van der Waals surface area contributed by atoms with E-state index in [9.17, 15) is 9.59 Å². The minimum atomic E-state index is -0.233. The molecular weight excluding hydrogens is 464 g/mol. The van der Waals surface area contributed by atoms with Crippen LogP contribution in [0.3, 0.4) is 0 Å². The van der Waals surface area contributed by atoms with E-state index in [0.717, 1.165) is 43.1 Å². The molecule has 8 nitrogen and oxygen atoms in total. The Kier molecular flexibility index (Phi) is 6.68. The lowest BCUT2D eigenvalue weighted by Gasteiger charge is -2.30. The van der Waals surface area contributed by atoms with Gasteiger partial charge in [-0.2, -0.15) is 0 Å². The Labute approximate surface area is 211 Å². The van der Waals surface area contributed by atoms with Crippen LogP contribution in [-0.4, -0.2) is 65.4 Å². The van der Waals surface area contributed by atoms with Crippen LogP contribution in [0, 0.1) is 11.8 Å². The number of hydrogen-bond acceptors (Lipinski definition) is 6. The van der Waals surface area contributed by atoms with E-state index in [0.29, 0.717) is 41.7 Å². The Balaban J connectivity index is 1.29. The topological polar surface area (TPSA) is 90.5 Å². The number of fused-ring (bicyclic) bond motifs is 2. The van der Waals surface area contributed by atoms with Crippen LogP contribution in [0.2, 0.25) is 5.02 Å². The van der Waals surface area contributed by atoms with Crippen LogP contribution < -0.4 is 15.5 Å². The quantitative estimate of drug-likeness (QED) is 0.638. The van der Waals surface area contributed by atoms with Gasteiger partial charge in [0.05, 0.1) is 5.92 Å². The number of benzene rings is 1. The third-order valence-electron chi connectivity index (χ3n) is 7.50. The van der Waals surface area contributed by atoms with Crippen molar-refractivity contribution in [2.75, 3.05) is 42.9 Å². The van der Waals surface area contributed by atoms with E-state index >= 15 is 0 Å². The molecule has 1 aromatic carbocycles. The third-order valence-corrected chi connectivity index (χ3v) is 7.76. The third kappa shape index (κ3) is 4.86. The molecule has 1 unspecified atom stereocenters. The normalized spacial score (nSPS) is 24.4. The molecule has 2 fully saturated rings. The maximum atomic E-state index is 13.7. The lowest BCUT2D eigenvalue weighted by molar-refractivity contribution is -0.132. The minimum Gasteiger partial charge on any atom is -0.355 e. The first-order valence-corrected chi connectivity index (χ1v) is 12.8. The number of carbonyl (C=O) groups is 2. The van der Waals surface area contributed by atoms with Crippen LogP contribution in [0.4, 0.5) is 11.6 Å². The first-order chi connectivity index (χ1) is 16.8. The van der Waals surface area contributed by atoms with Crippen LogP contribution >= 0.6 is 11.6 Å². The molecule has 186 valence electrons. The summed E-state index contributed by atoms with van der Waals surface area (Å²) in [7, 11) is 0. The molecule has 0 aliphatic carbocycles. The Morgan fingerprint density at radius 3 is 2.49 bits per heavy atom. The summed E-state index contributed by atoms with van der Waals surface area (Å²) >= 11 is 6.09. The lowest BCUT2D eigenvalue weighted by atomic mass is 9.94. The number of nitrogens with one attached hydrogen (secondary N) is 2. The summed E-state index contributed by atoms with van der Waals surface area (Å²) in [4.78, 5) is 38.9. The standard InChI is InChI=1S/C26H33ClN6O2/c1-15(2)28-9-21(17-4-6-20(27)7-5-17)26(35)33-12-18-10-32(11-19(18)13-33)25-23-16(3)8-22(34)31-24(23)29-14-30-25/h4-7,14-16,18-19,21,28H,8-13H2,1-3H3,(H,29,30,31,34)/t16-,18+,19+,21?/m1/s1. The number of likely N-dealkylation sites (tertiary alicyclic amines) is 1. The number of rotatable bonds is 6. The summed E-state index contributed by atoms with van der Waals surface area (Å²) in [6.45, 7) is 10.1. The molecule has 5 rings (SSSR count). The molecule has 2 amide bonds. The molecule has 3 aliphatic rings. The van der Waals surface area contributed by atoms with Gasteiger partial charge in [0.15, 0.2) is 0 Å². The van der Waals surface area contributed by atoms with Gasteiger partial charge in [0.1, 0.15) is 18.0 Å². The Morgan fingerprint density at radius 2 is 1.83 bits per heavy atom. The predicted octanol–water partition coefficient (Wildman–Crippen LogP) is 3.25. The van der Waals surface area contributed by atoms with Crippen molar-refractivity contribution in [1.82, 2.24) is 20.2 Å². The smallest absolute Gasteiger partial charge is 0.231 e. The van der Waals surface area contributed by atoms with Gasteiger partial charge in [-0.15, -0.1) is 0 Å². The summed E-state index contributed by atoms with van der Waals surface area (Å²) in [5.41, 5.74) is 2.03. The van der Waals surface area contributed by atoms with E-state index in [1.54, 1.807) is 0 Å². The van der Waals surface area contributed by atoms with Crippen LogP contribution in [0.15, 0.2) is 30.6 Å². The number of halogens is 1. The Hall–Kier alpha value is -2.71. The Morgan fingerprint density at radius 1 is 1.14 bits per heavy atom. The summed E-state index contributed by atoms with van der Waals surface area (Å²) < 4.78 is 0. The summed E-state index contributed by atoms with van der Waals surface area (Å²) in [6, 6.07) is 7.94. The van der Waals surface area contributed by atoms with Crippen LogP contribution in [0.1, 0.15) is 50.2 Å². The van der Waals surface area contributed by atoms with E-state index in [-0.39, 0.29) is 23.7 Å². The SMILES string of the molecule is CC(C)NCC(C(=O)N1C[C@@H]2CN(c3ncnc4c3[C@H](C)CC(=O)N4)C[C@H]2C1)c1ccc(Cl)cc1. The van der Waals surface area contributed by atoms with Gasteiger partial charge in [-0.3, -0.25) is 9.59 Å². The summed E-state index contributed by atoms with van der Waals surface area (Å²) in [5, 5.41) is 7.01. The van der Waals surface area contributed by atoms with Gasteiger partial charge in [-0.1, -0.05) is 44.5 Å². The molecule has 2 N–H and O–H groups in total. The van der Waals surface area contributed by atoms with Crippen molar-refractivity contribution < 1.29 is 9.59 Å². The van der Waals surface area contributed by atoms with Crippen LogP contribution in [-0.2, 0) is 9.59 Å². The molecule has 35 heavy (non-hydrogen) atoms. The molecule has 9 heteroatoms. The molecule has 0 saturated carbocycles. The van der Waals surface area contributed by atoms with Crippen molar-refractivity contribution in [3.05, 3.63) is 46.7 Å². The van der Waals surface area contributed by atoms with Crippen LogP contribution in [0.25, 0.3) is 0 Å². The molecular formula is C26H33ClN6O2. The first kappa shape index (κ1) is 24.0. The second-order valence-electron chi connectivity index (χ2n) is 10.4. The highest BCUT2D eigenvalue weighted by molar-refractivity contribution is 6.30. The van der Waals surface area contributed by atoms with Gasteiger partial charge in [0.25, 0.3) is 0 Å². The molecule has 0 radical (unpaired) electrons. The van der Waals surface area contributed by atoms with Crippen LogP contribution in [0.5, 0.6) is 0 Å². The van der Waals surface area contributed by atoms with Crippen molar-refractivity contribution in [3.8, 4) is 0 Å². The van der Waals surface area contributed by atoms with Crippen molar-refractivity contribution >= 4 is 35.1 Å².